The van der Waals surface area contributed by atoms with E-state index >= 15 is 0 Å². The number of hydrogen-bond donors (Lipinski definition) is 1. The minimum Gasteiger partial charge on any atom is -0.389 e. The Kier molecular flexibility index (Phi) is 3.81. The van der Waals surface area contributed by atoms with Gasteiger partial charge >= 0.3 is 0 Å². The number of carbonyl (C=O) groups is 1. The van der Waals surface area contributed by atoms with Gasteiger partial charge in [-0.25, -0.2) is 0 Å². The lowest BCUT2D eigenvalue weighted by molar-refractivity contribution is -0.129. The molecule has 1 saturated heterocycles. The molecule has 4 nitrogen and oxygen atoms in total. The van der Waals surface area contributed by atoms with E-state index in [4.69, 9.17) is 18.0 Å². The van der Waals surface area contributed by atoms with Crippen LogP contribution in [0.3, 0.4) is 0 Å². The van der Waals surface area contributed by atoms with Crippen molar-refractivity contribution in [2.75, 3.05) is 31.1 Å². The molecule has 18 heavy (non-hydrogen) atoms. The van der Waals surface area contributed by atoms with E-state index < -0.39 is 0 Å². The molecule has 1 aliphatic rings. The molecule has 1 heterocycles. The van der Waals surface area contributed by atoms with Crippen LogP contribution >= 0.6 is 12.2 Å². The lowest BCUT2D eigenvalue weighted by Crippen LogP contribution is -2.48. The summed E-state index contributed by atoms with van der Waals surface area (Å²) < 4.78 is 0. The molecule has 0 bridgehead atoms. The van der Waals surface area contributed by atoms with Gasteiger partial charge in [0.1, 0.15) is 4.99 Å². The maximum atomic E-state index is 11.2. The van der Waals surface area contributed by atoms with Crippen molar-refractivity contribution >= 4 is 28.8 Å². The Morgan fingerprint density at radius 1 is 1.17 bits per heavy atom. The van der Waals surface area contributed by atoms with E-state index in [9.17, 15) is 4.79 Å². The fraction of sp³-hybridized carbons (Fsp3) is 0.385. The Morgan fingerprint density at radius 2 is 1.72 bits per heavy atom. The van der Waals surface area contributed by atoms with Crippen molar-refractivity contribution < 1.29 is 4.79 Å². The summed E-state index contributed by atoms with van der Waals surface area (Å²) in [7, 11) is 0. The van der Waals surface area contributed by atoms with Crippen molar-refractivity contribution in [2.24, 2.45) is 5.73 Å². The summed E-state index contributed by atoms with van der Waals surface area (Å²) in [6.45, 7) is 4.92. The standard InChI is InChI=1S/C13H17N3OS/c1-10(17)15-6-8-16(9-7-15)12-4-2-11(3-5-12)13(14)18/h2-5H,6-9H2,1H3,(H2,14,18). The first-order valence-electron chi connectivity index (χ1n) is 5.98. The van der Waals surface area contributed by atoms with Crippen molar-refractivity contribution in [3.63, 3.8) is 0 Å². The molecule has 1 fully saturated rings. The topological polar surface area (TPSA) is 49.6 Å². The summed E-state index contributed by atoms with van der Waals surface area (Å²) in [5.41, 5.74) is 7.60. The number of rotatable bonds is 2. The fourth-order valence-corrected chi connectivity index (χ4v) is 2.25. The first-order chi connectivity index (χ1) is 8.58. The number of carbonyl (C=O) groups excluding carboxylic acids is 1. The maximum absolute atomic E-state index is 11.2. The van der Waals surface area contributed by atoms with Gasteiger partial charge in [-0.2, -0.15) is 0 Å². The van der Waals surface area contributed by atoms with Gasteiger partial charge in [-0.05, 0) is 24.3 Å². The molecule has 2 N–H and O–H groups in total. The molecule has 0 radical (unpaired) electrons. The van der Waals surface area contributed by atoms with Crippen LogP contribution in [0.25, 0.3) is 0 Å². The van der Waals surface area contributed by atoms with E-state index in [0.29, 0.717) is 4.99 Å². The van der Waals surface area contributed by atoms with Crippen LogP contribution < -0.4 is 10.6 Å². The molecule has 1 aromatic rings. The van der Waals surface area contributed by atoms with Crippen molar-refractivity contribution in [3.8, 4) is 0 Å². The zero-order valence-electron chi connectivity index (χ0n) is 10.4. The van der Waals surface area contributed by atoms with Crippen LogP contribution in [0.5, 0.6) is 0 Å². The quantitative estimate of drug-likeness (QED) is 0.808. The molecule has 5 heteroatoms. The summed E-state index contributed by atoms with van der Waals surface area (Å²) in [6, 6.07) is 7.93. The van der Waals surface area contributed by atoms with E-state index in [1.54, 1.807) is 6.92 Å². The lowest BCUT2D eigenvalue weighted by Gasteiger charge is -2.35. The Bertz CT molecular complexity index is 450. The third-order valence-corrected chi connectivity index (χ3v) is 3.48. The predicted octanol–water partition coefficient (Wildman–Crippen LogP) is 0.989. The monoisotopic (exact) mass is 263 g/mol. The lowest BCUT2D eigenvalue weighted by atomic mass is 10.2. The molecular formula is C13H17N3OS. The summed E-state index contributed by atoms with van der Waals surface area (Å²) >= 11 is 4.93. The zero-order chi connectivity index (χ0) is 13.1. The highest BCUT2D eigenvalue weighted by molar-refractivity contribution is 7.80. The van der Waals surface area contributed by atoms with Crippen molar-refractivity contribution in [2.45, 2.75) is 6.92 Å². The molecule has 1 amide bonds. The Hall–Kier alpha value is -1.62. The minimum absolute atomic E-state index is 0.151. The molecular weight excluding hydrogens is 246 g/mol. The second-order valence-electron chi connectivity index (χ2n) is 4.40. The van der Waals surface area contributed by atoms with Crippen LogP contribution in [-0.2, 0) is 4.79 Å². The number of nitrogens with zero attached hydrogens (tertiary/aromatic N) is 2. The second kappa shape index (κ2) is 5.35. The van der Waals surface area contributed by atoms with Gasteiger partial charge < -0.3 is 15.5 Å². The first kappa shape index (κ1) is 12.8. The highest BCUT2D eigenvalue weighted by Gasteiger charge is 2.18. The average molecular weight is 263 g/mol. The molecule has 1 aromatic carbocycles. The molecule has 0 atom stereocenters. The molecule has 0 unspecified atom stereocenters. The Balaban J connectivity index is 2.01. The summed E-state index contributed by atoms with van der Waals surface area (Å²) in [4.78, 5) is 15.8. The molecule has 0 saturated carbocycles. The van der Waals surface area contributed by atoms with E-state index in [1.165, 1.54) is 0 Å². The van der Waals surface area contributed by atoms with Gasteiger partial charge in [0.15, 0.2) is 0 Å². The molecule has 0 spiro atoms. The number of thiocarbonyl (C=S) groups is 1. The van der Waals surface area contributed by atoms with Gasteiger partial charge in [0.2, 0.25) is 5.91 Å². The van der Waals surface area contributed by atoms with Gasteiger partial charge in [-0.3, -0.25) is 4.79 Å². The fourth-order valence-electron chi connectivity index (χ4n) is 2.12. The minimum atomic E-state index is 0.151. The van der Waals surface area contributed by atoms with Crippen LogP contribution in [0.15, 0.2) is 24.3 Å². The van der Waals surface area contributed by atoms with E-state index in [1.807, 2.05) is 29.2 Å². The predicted molar refractivity (Wildman–Crippen MR) is 76.8 cm³/mol. The second-order valence-corrected chi connectivity index (χ2v) is 4.84. The first-order valence-corrected chi connectivity index (χ1v) is 6.39. The average Bonchev–Trinajstić information content (AvgIpc) is 2.39. The van der Waals surface area contributed by atoms with Gasteiger partial charge in [-0.1, -0.05) is 12.2 Å². The normalized spacial score (nSPS) is 15.6. The van der Waals surface area contributed by atoms with Crippen LogP contribution in [-0.4, -0.2) is 42.0 Å². The van der Waals surface area contributed by atoms with E-state index in [2.05, 4.69) is 4.90 Å². The molecule has 1 aliphatic heterocycles. The Labute approximate surface area is 112 Å². The number of benzene rings is 1. The number of amides is 1. The smallest absolute Gasteiger partial charge is 0.219 e. The SMILES string of the molecule is CC(=O)N1CCN(c2ccc(C(N)=S)cc2)CC1. The van der Waals surface area contributed by atoms with Crippen LogP contribution in [0, 0.1) is 0 Å². The zero-order valence-corrected chi connectivity index (χ0v) is 11.2. The highest BCUT2D eigenvalue weighted by atomic mass is 32.1. The van der Waals surface area contributed by atoms with Gasteiger partial charge in [0, 0.05) is 44.4 Å². The number of nitrogens with two attached hydrogens (primary N) is 1. The van der Waals surface area contributed by atoms with Gasteiger partial charge in [-0.15, -0.1) is 0 Å². The molecule has 96 valence electrons. The van der Waals surface area contributed by atoms with E-state index in [0.717, 1.165) is 37.4 Å². The van der Waals surface area contributed by atoms with Gasteiger partial charge in [0.05, 0.1) is 0 Å². The summed E-state index contributed by atoms with van der Waals surface area (Å²) in [5.74, 6) is 0.151. The van der Waals surface area contributed by atoms with Crippen LogP contribution in [0.2, 0.25) is 0 Å². The van der Waals surface area contributed by atoms with Crippen LogP contribution in [0.1, 0.15) is 12.5 Å². The molecule has 0 aromatic heterocycles. The van der Waals surface area contributed by atoms with Crippen molar-refractivity contribution in [1.29, 1.82) is 0 Å². The van der Waals surface area contributed by atoms with Crippen molar-refractivity contribution in [3.05, 3.63) is 29.8 Å². The van der Waals surface area contributed by atoms with E-state index in [-0.39, 0.29) is 5.91 Å². The number of hydrogen-bond acceptors (Lipinski definition) is 3. The number of anilines is 1. The van der Waals surface area contributed by atoms with Gasteiger partial charge in [0.25, 0.3) is 0 Å². The highest BCUT2D eigenvalue weighted by Crippen LogP contribution is 2.17. The van der Waals surface area contributed by atoms with Crippen molar-refractivity contribution in [1.82, 2.24) is 4.90 Å². The summed E-state index contributed by atoms with van der Waals surface area (Å²) in [5, 5.41) is 0. The largest absolute Gasteiger partial charge is 0.389 e. The Morgan fingerprint density at radius 3 is 2.17 bits per heavy atom. The molecule has 0 aliphatic carbocycles. The maximum Gasteiger partial charge on any atom is 0.219 e. The number of piperazine rings is 1. The van der Waals surface area contributed by atoms with Crippen LogP contribution in [0.4, 0.5) is 5.69 Å². The third-order valence-electron chi connectivity index (χ3n) is 3.24. The molecule has 2 rings (SSSR count). The third kappa shape index (κ3) is 2.79. The summed E-state index contributed by atoms with van der Waals surface area (Å²) in [6.07, 6.45) is 0.